The SMILES string of the molecule is COc1cccc(-c2ccc3c(n2)C(=O)N(c2ccc(OCCN4CCCC4)c(OC)c2)C3)c1. The second-order valence-electron chi connectivity index (χ2n) is 8.56. The number of pyridine rings is 1. The summed E-state index contributed by atoms with van der Waals surface area (Å²) in [6.45, 7) is 4.28. The molecule has 1 amide bonds. The van der Waals surface area contributed by atoms with E-state index in [0.717, 1.165) is 47.9 Å². The molecule has 3 heterocycles. The molecule has 0 spiro atoms. The Bertz CT molecular complexity index is 1190. The lowest BCUT2D eigenvalue weighted by molar-refractivity contribution is 0.0992. The van der Waals surface area contributed by atoms with Crippen molar-refractivity contribution >= 4 is 11.6 Å². The summed E-state index contributed by atoms with van der Waals surface area (Å²) in [5.74, 6) is 1.94. The molecule has 0 N–H and O–H groups in total. The summed E-state index contributed by atoms with van der Waals surface area (Å²) in [5.41, 5.74) is 3.79. The second-order valence-corrected chi connectivity index (χ2v) is 8.56. The fourth-order valence-electron chi connectivity index (χ4n) is 4.56. The Labute approximate surface area is 199 Å². The van der Waals surface area contributed by atoms with Crippen molar-refractivity contribution in [2.24, 2.45) is 0 Å². The molecule has 2 aromatic carbocycles. The molecule has 1 aromatic heterocycles. The number of benzene rings is 2. The molecule has 0 unspecified atom stereocenters. The van der Waals surface area contributed by atoms with Gasteiger partial charge in [-0.15, -0.1) is 0 Å². The molecular weight excluding hydrogens is 430 g/mol. The van der Waals surface area contributed by atoms with Crippen LogP contribution >= 0.6 is 0 Å². The van der Waals surface area contributed by atoms with E-state index in [2.05, 4.69) is 9.88 Å². The van der Waals surface area contributed by atoms with Gasteiger partial charge >= 0.3 is 0 Å². The number of rotatable bonds is 8. The highest BCUT2D eigenvalue weighted by Gasteiger charge is 2.31. The molecule has 0 saturated carbocycles. The topological polar surface area (TPSA) is 64.1 Å². The van der Waals surface area contributed by atoms with Gasteiger partial charge in [-0.25, -0.2) is 4.98 Å². The van der Waals surface area contributed by atoms with Crippen molar-refractivity contribution in [1.82, 2.24) is 9.88 Å². The van der Waals surface area contributed by atoms with E-state index in [1.807, 2.05) is 54.6 Å². The maximum atomic E-state index is 13.3. The zero-order valence-electron chi connectivity index (χ0n) is 19.6. The number of carbonyl (C=O) groups is 1. The molecule has 0 bridgehead atoms. The van der Waals surface area contributed by atoms with E-state index in [-0.39, 0.29) is 5.91 Å². The van der Waals surface area contributed by atoms with Gasteiger partial charge in [-0.3, -0.25) is 9.69 Å². The van der Waals surface area contributed by atoms with E-state index in [1.54, 1.807) is 19.1 Å². The molecule has 7 nitrogen and oxygen atoms in total. The molecule has 0 radical (unpaired) electrons. The van der Waals surface area contributed by atoms with Crippen LogP contribution in [0.5, 0.6) is 17.2 Å². The summed E-state index contributed by atoms with van der Waals surface area (Å²) in [5, 5.41) is 0. The van der Waals surface area contributed by atoms with Crippen molar-refractivity contribution in [3.63, 3.8) is 0 Å². The number of anilines is 1. The van der Waals surface area contributed by atoms with Gasteiger partial charge in [-0.2, -0.15) is 0 Å². The molecule has 3 aromatic rings. The Morgan fingerprint density at radius 2 is 1.79 bits per heavy atom. The van der Waals surface area contributed by atoms with Crippen molar-refractivity contribution in [3.05, 3.63) is 65.9 Å². The Kier molecular flexibility index (Phi) is 6.36. The highest BCUT2D eigenvalue weighted by atomic mass is 16.5. The molecule has 7 heteroatoms. The van der Waals surface area contributed by atoms with E-state index in [9.17, 15) is 4.79 Å². The molecule has 34 heavy (non-hydrogen) atoms. The molecular formula is C27H29N3O4. The zero-order valence-corrected chi connectivity index (χ0v) is 19.6. The zero-order chi connectivity index (χ0) is 23.5. The minimum atomic E-state index is -0.121. The van der Waals surface area contributed by atoms with E-state index in [1.165, 1.54) is 12.8 Å². The maximum absolute atomic E-state index is 13.3. The molecule has 1 fully saturated rings. The number of methoxy groups -OCH3 is 2. The maximum Gasteiger partial charge on any atom is 0.277 e. The number of ether oxygens (including phenoxy) is 3. The molecule has 5 rings (SSSR count). The highest BCUT2D eigenvalue weighted by molar-refractivity contribution is 6.09. The minimum absolute atomic E-state index is 0.121. The number of carbonyl (C=O) groups excluding carboxylic acids is 1. The lowest BCUT2D eigenvalue weighted by atomic mass is 10.1. The van der Waals surface area contributed by atoms with Crippen molar-refractivity contribution < 1.29 is 19.0 Å². The van der Waals surface area contributed by atoms with Gasteiger partial charge < -0.3 is 19.1 Å². The number of hydrogen-bond donors (Lipinski definition) is 0. The van der Waals surface area contributed by atoms with Crippen LogP contribution in [0.4, 0.5) is 5.69 Å². The van der Waals surface area contributed by atoms with Gasteiger partial charge in [0.05, 0.1) is 26.5 Å². The van der Waals surface area contributed by atoms with Crippen LogP contribution in [-0.2, 0) is 6.54 Å². The van der Waals surface area contributed by atoms with E-state index in [0.29, 0.717) is 30.3 Å². The monoisotopic (exact) mass is 459 g/mol. The number of likely N-dealkylation sites (tertiary alicyclic amines) is 1. The van der Waals surface area contributed by atoms with Crippen LogP contribution in [0.15, 0.2) is 54.6 Å². The average Bonchev–Trinajstić information content (AvgIpc) is 3.52. The summed E-state index contributed by atoms with van der Waals surface area (Å²) in [4.78, 5) is 22.1. The van der Waals surface area contributed by atoms with Crippen molar-refractivity contribution in [2.75, 3.05) is 45.4 Å². The number of hydrogen-bond acceptors (Lipinski definition) is 6. The number of nitrogens with zero attached hydrogens (tertiary/aromatic N) is 3. The molecule has 0 atom stereocenters. The number of fused-ring (bicyclic) bond motifs is 1. The van der Waals surface area contributed by atoms with Crippen LogP contribution in [0, 0.1) is 0 Å². The van der Waals surface area contributed by atoms with Gasteiger partial charge in [-0.05, 0) is 56.3 Å². The summed E-state index contributed by atoms with van der Waals surface area (Å²) in [6, 6.07) is 17.2. The van der Waals surface area contributed by atoms with Crippen LogP contribution < -0.4 is 19.1 Å². The first-order chi connectivity index (χ1) is 16.7. The third kappa shape index (κ3) is 4.43. The van der Waals surface area contributed by atoms with E-state index >= 15 is 0 Å². The smallest absolute Gasteiger partial charge is 0.277 e. The summed E-state index contributed by atoms with van der Waals surface area (Å²) in [7, 11) is 3.25. The third-order valence-electron chi connectivity index (χ3n) is 6.44. The van der Waals surface area contributed by atoms with Gasteiger partial charge in [0.1, 0.15) is 18.1 Å². The van der Waals surface area contributed by atoms with E-state index < -0.39 is 0 Å². The Morgan fingerprint density at radius 3 is 2.59 bits per heavy atom. The van der Waals surface area contributed by atoms with Gasteiger partial charge in [0.15, 0.2) is 11.5 Å². The van der Waals surface area contributed by atoms with Crippen LogP contribution in [0.3, 0.4) is 0 Å². The molecule has 176 valence electrons. The summed E-state index contributed by atoms with van der Waals surface area (Å²) in [6.07, 6.45) is 2.53. The van der Waals surface area contributed by atoms with Crippen LogP contribution in [-0.4, -0.2) is 56.3 Å². The highest BCUT2D eigenvalue weighted by Crippen LogP contribution is 2.36. The van der Waals surface area contributed by atoms with Gasteiger partial charge in [-0.1, -0.05) is 18.2 Å². The first-order valence-electron chi connectivity index (χ1n) is 11.7. The molecule has 2 aliphatic rings. The van der Waals surface area contributed by atoms with Gasteiger partial charge in [0.25, 0.3) is 5.91 Å². The third-order valence-corrected chi connectivity index (χ3v) is 6.44. The molecule has 1 saturated heterocycles. The van der Waals surface area contributed by atoms with Crippen molar-refractivity contribution in [3.8, 4) is 28.5 Å². The lowest BCUT2D eigenvalue weighted by Crippen LogP contribution is -2.25. The number of amides is 1. The van der Waals surface area contributed by atoms with Crippen LogP contribution in [0.25, 0.3) is 11.3 Å². The summed E-state index contributed by atoms with van der Waals surface area (Å²) >= 11 is 0. The van der Waals surface area contributed by atoms with Gasteiger partial charge in [0.2, 0.25) is 0 Å². The Balaban J connectivity index is 1.32. The van der Waals surface area contributed by atoms with Gasteiger partial charge in [0, 0.05) is 29.4 Å². The second kappa shape index (κ2) is 9.73. The Hall–Kier alpha value is -3.58. The first kappa shape index (κ1) is 22.2. The molecule has 0 aliphatic carbocycles. The Morgan fingerprint density at radius 1 is 0.941 bits per heavy atom. The molecule has 2 aliphatic heterocycles. The fourth-order valence-corrected chi connectivity index (χ4v) is 4.56. The van der Waals surface area contributed by atoms with Crippen LogP contribution in [0.1, 0.15) is 28.9 Å². The van der Waals surface area contributed by atoms with E-state index in [4.69, 9.17) is 14.2 Å². The largest absolute Gasteiger partial charge is 0.497 e. The predicted molar refractivity (Wildman–Crippen MR) is 131 cm³/mol. The summed E-state index contributed by atoms with van der Waals surface area (Å²) < 4.78 is 16.9. The van der Waals surface area contributed by atoms with Crippen LogP contribution in [0.2, 0.25) is 0 Å². The first-order valence-corrected chi connectivity index (χ1v) is 11.7. The minimum Gasteiger partial charge on any atom is -0.497 e. The quantitative estimate of drug-likeness (QED) is 0.498. The lowest BCUT2D eigenvalue weighted by Gasteiger charge is -2.19. The van der Waals surface area contributed by atoms with Crippen molar-refractivity contribution in [1.29, 1.82) is 0 Å². The fraction of sp³-hybridized carbons (Fsp3) is 0.333. The van der Waals surface area contributed by atoms with Crippen molar-refractivity contribution in [2.45, 2.75) is 19.4 Å². The predicted octanol–water partition coefficient (Wildman–Crippen LogP) is 4.40. The normalized spacial score (nSPS) is 15.5. The number of aromatic nitrogens is 1. The standard InChI is InChI=1S/C27H29N3O4/c1-32-22-7-5-6-19(16-22)23-10-8-20-18-30(27(31)26(20)28-23)21-9-11-24(25(17-21)33-2)34-15-14-29-12-3-4-13-29/h5-11,16-17H,3-4,12-15,18H2,1-2H3. The average molecular weight is 460 g/mol.